The number of furan rings is 1. The SMILES string of the molecule is CC1(C)c2ccccc2-c2ccc(N(c3ccccc3)c3ccccc3C(c3ccccc3)(c3ccccc3)c3cccc(N(c4ccccc4)c4ccc5oc6ccccc6c5c4)c3)cc21. The van der Waals surface area contributed by atoms with Gasteiger partial charge in [-0.2, -0.15) is 0 Å². The Balaban J connectivity index is 1.12. The van der Waals surface area contributed by atoms with E-state index in [9.17, 15) is 0 Å². The van der Waals surface area contributed by atoms with Crippen molar-refractivity contribution in [2.24, 2.45) is 0 Å². The molecule has 320 valence electrons. The van der Waals surface area contributed by atoms with Crippen LogP contribution in [0.3, 0.4) is 0 Å². The lowest BCUT2D eigenvalue weighted by Gasteiger charge is -2.41. The average Bonchev–Trinajstić information content (AvgIpc) is 3.87. The molecule has 10 aromatic carbocycles. The zero-order chi connectivity index (χ0) is 45.0. The van der Waals surface area contributed by atoms with Crippen molar-refractivity contribution < 1.29 is 4.42 Å². The van der Waals surface area contributed by atoms with Gasteiger partial charge in [0, 0.05) is 44.6 Å². The van der Waals surface area contributed by atoms with Crippen LogP contribution in [0, 0.1) is 0 Å². The van der Waals surface area contributed by atoms with Crippen molar-refractivity contribution in [3.63, 3.8) is 0 Å². The molecule has 0 radical (unpaired) electrons. The third-order valence-corrected chi connectivity index (χ3v) is 14.0. The molecule has 11 aromatic rings. The molecule has 0 unspecified atom stereocenters. The monoisotopic (exact) mass is 860 g/mol. The Hall–Kier alpha value is -8.40. The Labute approximate surface area is 392 Å². The zero-order valence-electron chi connectivity index (χ0n) is 37.6. The Morgan fingerprint density at radius 3 is 1.58 bits per heavy atom. The molecule has 0 spiro atoms. The Morgan fingerprint density at radius 1 is 0.343 bits per heavy atom. The molecule has 67 heavy (non-hydrogen) atoms. The van der Waals surface area contributed by atoms with Crippen LogP contribution in [0.15, 0.2) is 259 Å². The van der Waals surface area contributed by atoms with Gasteiger partial charge in [-0.3, -0.25) is 0 Å². The molecule has 0 fully saturated rings. The van der Waals surface area contributed by atoms with E-state index in [0.29, 0.717) is 0 Å². The number of benzene rings is 10. The number of anilines is 6. The fourth-order valence-corrected chi connectivity index (χ4v) is 10.9. The highest BCUT2D eigenvalue weighted by Crippen LogP contribution is 2.54. The van der Waals surface area contributed by atoms with Gasteiger partial charge in [-0.05, 0) is 123 Å². The van der Waals surface area contributed by atoms with Crippen LogP contribution in [0.2, 0.25) is 0 Å². The molecule has 0 atom stereocenters. The molecule has 0 saturated carbocycles. The Kier molecular flexibility index (Phi) is 9.73. The van der Waals surface area contributed by atoms with Crippen LogP contribution in [0.25, 0.3) is 33.1 Å². The fourth-order valence-electron chi connectivity index (χ4n) is 10.9. The van der Waals surface area contributed by atoms with E-state index in [1.54, 1.807) is 0 Å². The molecular weight excluding hydrogens is 813 g/mol. The Morgan fingerprint density at radius 2 is 0.851 bits per heavy atom. The van der Waals surface area contributed by atoms with Crippen molar-refractivity contribution in [3.05, 3.63) is 288 Å². The van der Waals surface area contributed by atoms with Crippen LogP contribution >= 0.6 is 0 Å². The summed E-state index contributed by atoms with van der Waals surface area (Å²) in [5.41, 5.74) is 17.2. The quantitative estimate of drug-likeness (QED) is 0.128. The summed E-state index contributed by atoms with van der Waals surface area (Å²) >= 11 is 0. The highest BCUT2D eigenvalue weighted by Gasteiger charge is 2.42. The molecule has 1 heterocycles. The maximum absolute atomic E-state index is 6.33. The average molecular weight is 861 g/mol. The van der Waals surface area contributed by atoms with Gasteiger partial charge < -0.3 is 14.2 Å². The first-order chi connectivity index (χ1) is 33.0. The van der Waals surface area contributed by atoms with E-state index >= 15 is 0 Å². The van der Waals surface area contributed by atoms with Crippen molar-refractivity contribution in [3.8, 4) is 11.1 Å². The van der Waals surface area contributed by atoms with E-state index in [1.807, 2.05) is 12.1 Å². The number of rotatable bonds is 10. The lowest BCUT2D eigenvalue weighted by molar-refractivity contribution is 0.660. The second-order valence-corrected chi connectivity index (χ2v) is 18.1. The van der Waals surface area contributed by atoms with Crippen LogP contribution in [-0.4, -0.2) is 0 Å². The molecule has 0 amide bonds. The minimum absolute atomic E-state index is 0.165. The van der Waals surface area contributed by atoms with Crippen molar-refractivity contribution >= 4 is 56.1 Å². The first-order valence-corrected chi connectivity index (χ1v) is 23.2. The molecule has 1 aliphatic carbocycles. The molecule has 0 aliphatic heterocycles. The molecule has 3 heteroatoms. The number of para-hydroxylation sites is 4. The molecule has 12 rings (SSSR count). The van der Waals surface area contributed by atoms with Crippen molar-refractivity contribution in [2.45, 2.75) is 24.7 Å². The van der Waals surface area contributed by atoms with Gasteiger partial charge in [0.05, 0.1) is 11.1 Å². The zero-order valence-corrected chi connectivity index (χ0v) is 37.6. The highest BCUT2D eigenvalue weighted by atomic mass is 16.3. The summed E-state index contributed by atoms with van der Waals surface area (Å²) in [6.45, 7) is 4.72. The summed E-state index contributed by atoms with van der Waals surface area (Å²) in [7, 11) is 0. The van der Waals surface area contributed by atoms with Gasteiger partial charge in [0.15, 0.2) is 0 Å². The number of hydrogen-bond acceptors (Lipinski definition) is 3. The molecule has 1 aromatic heterocycles. The maximum Gasteiger partial charge on any atom is 0.135 e. The van der Waals surface area contributed by atoms with Crippen molar-refractivity contribution in [2.75, 3.05) is 9.80 Å². The van der Waals surface area contributed by atoms with Gasteiger partial charge in [-0.15, -0.1) is 0 Å². The molecule has 3 nitrogen and oxygen atoms in total. The molecule has 0 N–H and O–H groups in total. The fraction of sp³-hybridized carbons (Fsp3) is 0.0625. The normalized spacial score (nSPS) is 12.7. The van der Waals surface area contributed by atoms with E-state index in [-0.39, 0.29) is 5.41 Å². The number of fused-ring (bicyclic) bond motifs is 6. The largest absolute Gasteiger partial charge is 0.456 e. The van der Waals surface area contributed by atoms with Crippen LogP contribution < -0.4 is 9.80 Å². The lowest BCUT2D eigenvalue weighted by atomic mass is 9.64. The molecule has 0 bridgehead atoms. The van der Waals surface area contributed by atoms with Crippen molar-refractivity contribution in [1.29, 1.82) is 0 Å². The number of hydrogen-bond donors (Lipinski definition) is 0. The second kappa shape index (κ2) is 16.2. The van der Waals surface area contributed by atoms with Gasteiger partial charge >= 0.3 is 0 Å². The van der Waals surface area contributed by atoms with E-state index in [4.69, 9.17) is 4.42 Å². The summed E-state index contributed by atoms with van der Waals surface area (Å²) in [5, 5.41) is 2.19. The predicted octanol–water partition coefficient (Wildman–Crippen LogP) is 17.2. The summed E-state index contributed by atoms with van der Waals surface area (Å²) in [5.74, 6) is 0. The van der Waals surface area contributed by atoms with E-state index < -0.39 is 5.41 Å². The third kappa shape index (κ3) is 6.57. The van der Waals surface area contributed by atoms with E-state index in [2.05, 4.69) is 266 Å². The minimum Gasteiger partial charge on any atom is -0.456 e. The predicted molar refractivity (Wildman–Crippen MR) is 279 cm³/mol. The molecular formula is C64H48N2O. The maximum atomic E-state index is 6.33. The molecule has 1 aliphatic rings. The van der Waals surface area contributed by atoms with Gasteiger partial charge in [0.2, 0.25) is 0 Å². The lowest BCUT2D eigenvalue weighted by Crippen LogP contribution is -2.33. The molecule has 0 saturated heterocycles. The van der Waals surface area contributed by atoms with E-state index in [0.717, 1.165) is 67.2 Å². The Bertz CT molecular complexity index is 3520. The summed E-state index contributed by atoms with van der Waals surface area (Å²) in [6, 6.07) is 92.7. The van der Waals surface area contributed by atoms with Gasteiger partial charge in [0.1, 0.15) is 11.2 Å². The standard InChI is InChI=1S/C64H48N2O/c1-63(2)57-34-17-15-32-53(57)54-40-38-52(44-59(54)63)66(49-29-13-6-14-30-49)60-36-19-18-35-58(60)64(45-22-7-3-8-23-45,46-24-9-4-10-25-46)47-26-21-31-50(42-47)65(48-27-11-5-12-28-48)51-39-41-62-56(43-51)55-33-16-20-37-61(55)67-62/h3-44H,1-2H3. The van der Waals surface area contributed by atoms with Crippen LogP contribution in [0.1, 0.15) is 47.2 Å². The van der Waals surface area contributed by atoms with Crippen LogP contribution in [-0.2, 0) is 10.8 Å². The highest BCUT2D eigenvalue weighted by molar-refractivity contribution is 6.06. The van der Waals surface area contributed by atoms with Gasteiger partial charge in [0.25, 0.3) is 0 Å². The van der Waals surface area contributed by atoms with Gasteiger partial charge in [-0.1, -0.05) is 190 Å². The summed E-state index contributed by atoms with van der Waals surface area (Å²) in [4.78, 5) is 4.85. The van der Waals surface area contributed by atoms with E-state index in [1.165, 1.54) is 33.4 Å². The van der Waals surface area contributed by atoms with Gasteiger partial charge in [-0.25, -0.2) is 0 Å². The van der Waals surface area contributed by atoms with Crippen LogP contribution in [0.5, 0.6) is 0 Å². The summed E-state index contributed by atoms with van der Waals surface area (Å²) < 4.78 is 6.33. The third-order valence-electron chi connectivity index (χ3n) is 14.0. The first-order valence-electron chi connectivity index (χ1n) is 23.2. The van der Waals surface area contributed by atoms with Crippen molar-refractivity contribution in [1.82, 2.24) is 0 Å². The second-order valence-electron chi connectivity index (χ2n) is 18.1. The summed E-state index contributed by atoms with van der Waals surface area (Å²) in [6.07, 6.45) is 0. The minimum atomic E-state index is -0.790. The smallest absolute Gasteiger partial charge is 0.135 e. The topological polar surface area (TPSA) is 19.6 Å². The number of nitrogens with zero attached hydrogens (tertiary/aromatic N) is 2. The van der Waals surface area contributed by atoms with Crippen LogP contribution in [0.4, 0.5) is 34.1 Å². The first kappa shape index (κ1) is 40.1.